The molecular weight excluding hydrogens is 345 g/mol. The molecule has 0 amide bonds. The highest BCUT2D eigenvalue weighted by atomic mass is 35.5. The molecule has 0 aliphatic heterocycles. The van der Waals surface area contributed by atoms with Crippen molar-refractivity contribution in [2.75, 3.05) is 13.2 Å². The topological polar surface area (TPSA) is 30.5 Å². The van der Waals surface area contributed by atoms with Crippen molar-refractivity contribution < 1.29 is 9.47 Å². The van der Waals surface area contributed by atoms with Crippen molar-refractivity contribution >= 4 is 23.2 Å². The molecule has 0 spiro atoms. The molecule has 2 aromatic rings. The zero-order valence-electron chi connectivity index (χ0n) is 14.1. The highest BCUT2D eigenvalue weighted by molar-refractivity contribution is 6.42. The summed E-state index contributed by atoms with van der Waals surface area (Å²) in [6.45, 7) is 6.93. The Labute approximate surface area is 153 Å². The van der Waals surface area contributed by atoms with Crippen molar-refractivity contribution in [2.45, 2.75) is 33.4 Å². The molecule has 1 N–H and O–H groups in total. The summed E-state index contributed by atoms with van der Waals surface area (Å²) >= 11 is 12.0. The maximum Gasteiger partial charge on any atom is 0.161 e. The summed E-state index contributed by atoms with van der Waals surface area (Å²) in [5.41, 5.74) is 2.13. The SMILES string of the molecule is CCCNCc1ccc(OCc2ccc(Cl)c(Cl)c2)c(OCC)c1. The van der Waals surface area contributed by atoms with E-state index in [0.29, 0.717) is 23.3 Å². The van der Waals surface area contributed by atoms with Crippen LogP contribution in [0.2, 0.25) is 10.0 Å². The Balaban J connectivity index is 2.06. The summed E-state index contributed by atoms with van der Waals surface area (Å²) in [5.74, 6) is 1.48. The lowest BCUT2D eigenvalue weighted by Gasteiger charge is -2.14. The number of hydrogen-bond donors (Lipinski definition) is 1. The van der Waals surface area contributed by atoms with Crippen LogP contribution < -0.4 is 14.8 Å². The Bertz CT molecular complexity index is 662. The van der Waals surface area contributed by atoms with Gasteiger partial charge in [0.05, 0.1) is 16.7 Å². The van der Waals surface area contributed by atoms with E-state index >= 15 is 0 Å². The van der Waals surface area contributed by atoms with Crippen LogP contribution in [0.25, 0.3) is 0 Å². The van der Waals surface area contributed by atoms with Gasteiger partial charge in [-0.25, -0.2) is 0 Å². The first-order valence-corrected chi connectivity index (χ1v) is 8.92. The highest BCUT2D eigenvalue weighted by Gasteiger charge is 2.08. The van der Waals surface area contributed by atoms with Crippen molar-refractivity contribution in [2.24, 2.45) is 0 Å². The molecule has 0 saturated carbocycles. The third-order valence-corrected chi connectivity index (χ3v) is 4.18. The van der Waals surface area contributed by atoms with E-state index in [1.807, 2.05) is 31.2 Å². The minimum absolute atomic E-state index is 0.407. The summed E-state index contributed by atoms with van der Waals surface area (Å²) < 4.78 is 11.6. The fourth-order valence-electron chi connectivity index (χ4n) is 2.25. The summed E-state index contributed by atoms with van der Waals surface area (Å²) in [6.07, 6.45) is 1.11. The molecule has 0 aliphatic rings. The molecule has 0 saturated heterocycles. The van der Waals surface area contributed by atoms with Crippen LogP contribution in [0.4, 0.5) is 0 Å². The van der Waals surface area contributed by atoms with E-state index in [4.69, 9.17) is 32.7 Å². The zero-order chi connectivity index (χ0) is 17.4. The Morgan fingerprint density at radius 3 is 2.38 bits per heavy atom. The number of hydrogen-bond acceptors (Lipinski definition) is 3. The lowest BCUT2D eigenvalue weighted by molar-refractivity contribution is 0.269. The molecule has 0 heterocycles. The van der Waals surface area contributed by atoms with Crippen LogP contribution in [0.5, 0.6) is 11.5 Å². The fourth-order valence-corrected chi connectivity index (χ4v) is 2.57. The monoisotopic (exact) mass is 367 g/mol. The highest BCUT2D eigenvalue weighted by Crippen LogP contribution is 2.30. The van der Waals surface area contributed by atoms with Crippen molar-refractivity contribution in [3.63, 3.8) is 0 Å². The van der Waals surface area contributed by atoms with E-state index < -0.39 is 0 Å². The fraction of sp³-hybridized carbons (Fsp3) is 0.368. The molecule has 0 atom stereocenters. The Hall–Kier alpha value is -1.42. The largest absolute Gasteiger partial charge is 0.490 e. The summed E-state index contributed by atoms with van der Waals surface area (Å²) in [4.78, 5) is 0. The van der Waals surface area contributed by atoms with Gasteiger partial charge in [0.1, 0.15) is 6.61 Å². The summed E-state index contributed by atoms with van der Waals surface area (Å²) in [7, 11) is 0. The van der Waals surface area contributed by atoms with Crippen molar-refractivity contribution in [3.8, 4) is 11.5 Å². The van der Waals surface area contributed by atoms with Gasteiger partial charge in [0.25, 0.3) is 0 Å². The molecule has 0 aliphatic carbocycles. The second-order valence-corrected chi connectivity index (χ2v) is 6.24. The van der Waals surface area contributed by atoms with E-state index in [-0.39, 0.29) is 0 Å². The normalized spacial score (nSPS) is 10.7. The molecule has 2 rings (SSSR count). The smallest absolute Gasteiger partial charge is 0.161 e. The molecule has 0 radical (unpaired) electrons. The molecule has 0 bridgehead atoms. The number of halogens is 2. The molecule has 0 aromatic heterocycles. The van der Waals surface area contributed by atoms with Crippen LogP contribution >= 0.6 is 23.2 Å². The summed E-state index contributed by atoms with van der Waals surface area (Å²) in [6, 6.07) is 11.5. The maximum absolute atomic E-state index is 6.04. The number of benzene rings is 2. The van der Waals surface area contributed by atoms with Gasteiger partial charge in [0.15, 0.2) is 11.5 Å². The number of nitrogens with one attached hydrogen (secondary N) is 1. The van der Waals surface area contributed by atoms with Gasteiger partial charge in [0, 0.05) is 6.54 Å². The van der Waals surface area contributed by atoms with Crippen molar-refractivity contribution in [1.82, 2.24) is 5.32 Å². The van der Waals surface area contributed by atoms with E-state index in [2.05, 4.69) is 18.3 Å². The van der Waals surface area contributed by atoms with Crippen LogP contribution in [0.3, 0.4) is 0 Å². The third kappa shape index (κ3) is 5.59. The molecule has 24 heavy (non-hydrogen) atoms. The van der Waals surface area contributed by atoms with Crippen LogP contribution in [0, 0.1) is 0 Å². The van der Waals surface area contributed by atoms with Crippen molar-refractivity contribution in [1.29, 1.82) is 0 Å². The molecule has 0 fully saturated rings. The van der Waals surface area contributed by atoms with Gasteiger partial charge in [-0.15, -0.1) is 0 Å². The van der Waals surface area contributed by atoms with Crippen LogP contribution in [0.15, 0.2) is 36.4 Å². The summed E-state index contributed by atoms with van der Waals surface area (Å²) in [5, 5.41) is 4.45. The predicted octanol–water partition coefficient (Wildman–Crippen LogP) is 5.47. The second-order valence-electron chi connectivity index (χ2n) is 5.43. The van der Waals surface area contributed by atoms with Gasteiger partial charge in [-0.3, -0.25) is 0 Å². The van der Waals surface area contributed by atoms with Crippen LogP contribution in [0.1, 0.15) is 31.4 Å². The average molecular weight is 368 g/mol. The van der Waals surface area contributed by atoms with Gasteiger partial charge >= 0.3 is 0 Å². The van der Waals surface area contributed by atoms with Gasteiger partial charge < -0.3 is 14.8 Å². The van der Waals surface area contributed by atoms with Crippen LogP contribution in [-0.4, -0.2) is 13.2 Å². The van der Waals surface area contributed by atoms with Gasteiger partial charge in [-0.05, 0) is 55.3 Å². The third-order valence-electron chi connectivity index (χ3n) is 3.44. The first-order chi connectivity index (χ1) is 11.6. The number of ether oxygens (including phenoxy) is 2. The second kappa shape index (κ2) is 9.77. The van der Waals surface area contributed by atoms with E-state index in [1.165, 1.54) is 5.56 Å². The van der Waals surface area contributed by atoms with Gasteiger partial charge in [-0.2, -0.15) is 0 Å². The molecule has 130 valence electrons. The molecule has 2 aromatic carbocycles. The minimum Gasteiger partial charge on any atom is -0.490 e. The Morgan fingerprint density at radius 1 is 0.875 bits per heavy atom. The minimum atomic E-state index is 0.407. The molecule has 5 heteroatoms. The lowest BCUT2D eigenvalue weighted by Crippen LogP contribution is -2.13. The zero-order valence-corrected chi connectivity index (χ0v) is 15.6. The van der Waals surface area contributed by atoms with Crippen LogP contribution in [-0.2, 0) is 13.2 Å². The van der Waals surface area contributed by atoms with Crippen molar-refractivity contribution in [3.05, 3.63) is 57.6 Å². The first-order valence-electron chi connectivity index (χ1n) is 8.17. The number of rotatable bonds is 9. The Morgan fingerprint density at radius 2 is 1.67 bits per heavy atom. The first kappa shape index (κ1) is 18.9. The predicted molar refractivity (Wildman–Crippen MR) is 100 cm³/mol. The Kier molecular flexibility index (Phi) is 7.70. The van der Waals surface area contributed by atoms with E-state index in [1.54, 1.807) is 6.07 Å². The molecule has 3 nitrogen and oxygen atoms in total. The average Bonchev–Trinajstić information content (AvgIpc) is 2.58. The van der Waals surface area contributed by atoms with E-state index in [0.717, 1.165) is 36.6 Å². The lowest BCUT2D eigenvalue weighted by atomic mass is 10.2. The standard InChI is InChI=1S/C19H23Cl2NO2/c1-3-9-22-12-14-6-8-18(19(11-14)23-4-2)24-13-15-5-7-16(20)17(21)10-15/h5-8,10-11,22H,3-4,9,12-13H2,1-2H3. The molecule has 0 unspecified atom stereocenters. The quantitative estimate of drug-likeness (QED) is 0.596. The van der Waals surface area contributed by atoms with Gasteiger partial charge in [0.2, 0.25) is 0 Å². The van der Waals surface area contributed by atoms with Gasteiger partial charge in [-0.1, -0.05) is 42.3 Å². The maximum atomic E-state index is 6.04. The molecular formula is C19H23Cl2NO2. The van der Waals surface area contributed by atoms with E-state index in [9.17, 15) is 0 Å².